The second-order valence-electron chi connectivity index (χ2n) is 6.79. The van der Waals surface area contributed by atoms with Crippen molar-refractivity contribution < 1.29 is 9.53 Å². The summed E-state index contributed by atoms with van der Waals surface area (Å²) in [4.78, 5) is 14.7. The van der Waals surface area contributed by atoms with Gasteiger partial charge in [0.1, 0.15) is 5.75 Å². The van der Waals surface area contributed by atoms with Gasteiger partial charge in [0.25, 0.3) is 0 Å². The summed E-state index contributed by atoms with van der Waals surface area (Å²) >= 11 is 3.50. The van der Waals surface area contributed by atoms with Gasteiger partial charge in [0.2, 0.25) is 0 Å². The van der Waals surface area contributed by atoms with E-state index in [9.17, 15) is 4.79 Å². The average Bonchev–Trinajstić information content (AvgIpc) is 2.51. The fourth-order valence-corrected chi connectivity index (χ4v) is 4.05. The number of nitrogens with zero attached hydrogens (tertiary/aromatic N) is 1. The molecule has 2 aliphatic rings. The lowest BCUT2D eigenvalue weighted by Crippen LogP contribution is -2.65. The van der Waals surface area contributed by atoms with E-state index in [1.807, 2.05) is 51.1 Å². The fourth-order valence-electron chi connectivity index (χ4n) is 3.67. The van der Waals surface area contributed by atoms with E-state index in [2.05, 4.69) is 27.3 Å². The molecule has 4 nitrogen and oxygen atoms in total. The van der Waals surface area contributed by atoms with E-state index >= 15 is 0 Å². The summed E-state index contributed by atoms with van der Waals surface area (Å²) in [6, 6.07) is 11.9. The molecule has 5 heteroatoms. The van der Waals surface area contributed by atoms with Gasteiger partial charge in [0.15, 0.2) is 5.72 Å². The summed E-state index contributed by atoms with van der Waals surface area (Å²) in [5.41, 5.74) is 3.39. The van der Waals surface area contributed by atoms with Gasteiger partial charge in [-0.1, -0.05) is 28.1 Å². The highest BCUT2D eigenvalue weighted by atomic mass is 79.9. The van der Waals surface area contributed by atoms with Gasteiger partial charge in [-0.2, -0.15) is 0 Å². The number of urea groups is 1. The predicted octanol–water partition coefficient (Wildman–Crippen LogP) is 4.84. The summed E-state index contributed by atoms with van der Waals surface area (Å²) < 4.78 is 7.31. The number of anilines is 1. The Morgan fingerprint density at radius 3 is 2.83 bits per heavy atom. The molecule has 0 radical (unpaired) electrons. The van der Waals surface area contributed by atoms with Crippen LogP contribution >= 0.6 is 15.9 Å². The molecule has 0 spiro atoms. The van der Waals surface area contributed by atoms with Crippen molar-refractivity contribution in [2.24, 2.45) is 0 Å². The number of nitrogens with one attached hydrogen (secondary N) is 1. The maximum atomic E-state index is 12.9. The Kier molecular flexibility index (Phi) is 3.39. The van der Waals surface area contributed by atoms with Crippen LogP contribution in [0.4, 0.5) is 10.5 Å². The molecule has 24 heavy (non-hydrogen) atoms. The van der Waals surface area contributed by atoms with E-state index < -0.39 is 5.72 Å². The van der Waals surface area contributed by atoms with Gasteiger partial charge >= 0.3 is 6.03 Å². The molecule has 1 fully saturated rings. The van der Waals surface area contributed by atoms with E-state index in [0.29, 0.717) is 6.42 Å². The quantitative estimate of drug-likeness (QED) is 0.761. The first-order valence-electron chi connectivity index (χ1n) is 8.04. The number of hydrogen-bond acceptors (Lipinski definition) is 2. The molecule has 4 rings (SSSR count). The molecule has 0 aromatic heterocycles. The number of rotatable bonds is 1. The summed E-state index contributed by atoms with van der Waals surface area (Å²) in [6.45, 7) is 6.04. The Hall–Kier alpha value is -2.01. The third-order valence-electron chi connectivity index (χ3n) is 4.84. The highest BCUT2D eigenvalue weighted by Crippen LogP contribution is 2.46. The zero-order valence-electron chi connectivity index (χ0n) is 13.9. The first-order valence-corrected chi connectivity index (χ1v) is 8.83. The van der Waals surface area contributed by atoms with Crippen LogP contribution in [-0.2, 0) is 0 Å². The molecule has 1 N–H and O–H groups in total. The lowest BCUT2D eigenvalue weighted by molar-refractivity contribution is 0.0377. The van der Waals surface area contributed by atoms with Crippen LogP contribution in [0.3, 0.4) is 0 Å². The Bertz CT molecular complexity index is 851. The number of carbonyl (C=O) groups excluding carboxylic acids is 1. The van der Waals surface area contributed by atoms with Gasteiger partial charge in [0, 0.05) is 16.5 Å². The second-order valence-corrected chi connectivity index (χ2v) is 7.71. The van der Waals surface area contributed by atoms with Crippen molar-refractivity contribution in [2.75, 3.05) is 4.90 Å². The molecule has 2 atom stereocenters. The topological polar surface area (TPSA) is 41.6 Å². The first kappa shape index (κ1) is 15.5. The molecule has 1 saturated heterocycles. The maximum Gasteiger partial charge on any atom is 0.325 e. The second kappa shape index (κ2) is 5.24. The van der Waals surface area contributed by atoms with Crippen LogP contribution in [-0.4, -0.2) is 11.8 Å². The fraction of sp³-hybridized carbons (Fsp3) is 0.316. The van der Waals surface area contributed by atoms with Crippen molar-refractivity contribution in [3.8, 4) is 5.75 Å². The molecule has 2 aliphatic heterocycles. The molecule has 2 amide bonds. The number of hydrogen-bond donors (Lipinski definition) is 1. The lowest BCUT2D eigenvalue weighted by atomic mass is 9.89. The largest absolute Gasteiger partial charge is 0.467 e. The predicted molar refractivity (Wildman–Crippen MR) is 97.5 cm³/mol. The number of fused-ring (bicyclic) bond motifs is 4. The van der Waals surface area contributed by atoms with E-state index in [-0.39, 0.29) is 12.1 Å². The van der Waals surface area contributed by atoms with Crippen LogP contribution < -0.4 is 15.0 Å². The normalized spacial score (nSPS) is 24.9. The molecule has 2 aromatic carbocycles. The summed E-state index contributed by atoms with van der Waals surface area (Å²) in [7, 11) is 0. The number of halogens is 1. The minimum atomic E-state index is -0.702. The summed E-state index contributed by atoms with van der Waals surface area (Å²) in [5.74, 6) is 0.826. The van der Waals surface area contributed by atoms with E-state index in [4.69, 9.17) is 4.74 Å². The van der Waals surface area contributed by atoms with Gasteiger partial charge in [0.05, 0.1) is 11.7 Å². The van der Waals surface area contributed by atoms with Crippen molar-refractivity contribution in [1.82, 2.24) is 5.32 Å². The molecule has 0 saturated carbocycles. The van der Waals surface area contributed by atoms with Crippen molar-refractivity contribution in [1.29, 1.82) is 0 Å². The molecular formula is C19H19BrN2O2. The summed E-state index contributed by atoms with van der Waals surface area (Å²) in [5, 5.41) is 3.14. The van der Waals surface area contributed by atoms with Crippen LogP contribution in [0.1, 0.15) is 36.1 Å². The van der Waals surface area contributed by atoms with Gasteiger partial charge in [-0.25, -0.2) is 4.79 Å². The van der Waals surface area contributed by atoms with E-state index in [1.54, 1.807) is 4.90 Å². The van der Waals surface area contributed by atoms with Gasteiger partial charge in [-0.05, 0) is 56.2 Å². The molecule has 0 aliphatic carbocycles. The zero-order valence-corrected chi connectivity index (χ0v) is 15.5. The monoisotopic (exact) mass is 386 g/mol. The van der Waals surface area contributed by atoms with Crippen molar-refractivity contribution in [2.45, 2.75) is 39.0 Å². The number of benzene rings is 2. The zero-order chi connectivity index (χ0) is 17.1. The first-order chi connectivity index (χ1) is 11.4. The SMILES string of the molecule is Cc1ccc(C)c(N2C(=O)NC3CC2(C)Oc2ccc(Br)cc23)c1. The molecule has 2 unspecified atom stereocenters. The van der Waals surface area contributed by atoms with Gasteiger partial charge in [-0.15, -0.1) is 0 Å². The maximum absolute atomic E-state index is 12.9. The Morgan fingerprint density at radius 2 is 2.04 bits per heavy atom. The molecule has 2 bridgehead atoms. The molecular weight excluding hydrogens is 368 g/mol. The van der Waals surface area contributed by atoms with Crippen molar-refractivity contribution in [3.63, 3.8) is 0 Å². The van der Waals surface area contributed by atoms with Crippen LogP contribution in [0.5, 0.6) is 5.75 Å². The molecule has 124 valence electrons. The Balaban J connectivity index is 1.83. The Labute approximate surface area is 149 Å². The van der Waals surface area contributed by atoms with Crippen molar-refractivity contribution >= 4 is 27.6 Å². The number of aryl methyl sites for hydroxylation is 2. The highest BCUT2D eigenvalue weighted by Gasteiger charge is 2.50. The minimum Gasteiger partial charge on any atom is -0.467 e. The van der Waals surface area contributed by atoms with Crippen LogP contribution in [0.2, 0.25) is 0 Å². The third-order valence-corrected chi connectivity index (χ3v) is 5.33. The Morgan fingerprint density at radius 1 is 1.25 bits per heavy atom. The minimum absolute atomic E-state index is 0.0369. The number of carbonyl (C=O) groups is 1. The number of ether oxygens (including phenoxy) is 1. The van der Waals surface area contributed by atoms with E-state index in [1.165, 1.54) is 0 Å². The van der Waals surface area contributed by atoms with Gasteiger partial charge < -0.3 is 10.1 Å². The summed E-state index contributed by atoms with van der Waals surface area (Å²) in [6.07, 6.45) is 0.704. The van der Waals surface area contributed by atoms with Crippen LogP contribution in [0.25, 0.3) is 0 Å². The lowest BCUT2D eigenvalue weighted by Gasteiger charge is -2.51. The average molecular weight is 387 g/mol. The highest BCUT2D eigenvalue weighted by molar-refractivity contribution is 9.10. The third kappa shape index (κ3) is 2.30. The van der Waals surface area contributed by atoms with Crippen molar-refractivity contribution in [3.05, 3.63) is 57.6 Å². The number of amides is 2. The molecule has 2 aromatic rings. The molecule has 2 heterocycles. The standard InChI is InChI=1S/C19H19BrN2O2/c1-11-4-5-12(2)16(8-11)22-18(23)21-15-10-19(22,3)24-17-7-6-13(20)9-14(15)17/h4-9,15H,10H2,1-3H3,(H,21,23). The van der Waals surface area contributed by atoms with E-state index in [0.717, 1.165) is 32.6 Å². The van der Waals surface area contributed by atoms with Crippen LogP contribution in [0.15, 0.2) is 40.9 Å². The smallest absolute Gasteiger partial charge is 0.325 e. The van der Waals surface area contributed by atoms with Crippen LogP contribution in [0, 0.1) is 13.8 Å². The van der Waals surface area contributed by atoms with Gasteiger partial charge in [-0.3, -0.25) is 4.90 Å².